The number of carbonyl (C=O) groups excluding carboxylic acids is 1. The number of nitrogens with zero attached hydrogens (tertiary/aromatic N) is 4. The molecule has 0 aliphatic carbocycles. The molecule has 4 rings (SSSR count). The average molecular weight is 384 g/mol. The Kier molecular flexibility index (Phi) is 5.02. The minimum absolute atomic E-state index is 0.252. The van der Waals surface area contributed by atoms with E-state index in [-0.39, 0.29) is 6.09 Å². The molecule has 4 heterocycles. The molecule has 7 nitrogen and oxygen atoms in total. The number of hydrogen-bond donors (Lipinski definition) is 0. The van der Waals surface area contributed by atoms with Crippen LogP contribution < -0.4 is 4.90 Å². The Hall–Kier alpha value is -2.54. The van der Waals surface area contributed by atoms with E-state index in [1.54, 1.807) is 4.90 Å². The number of anilines is 1. The van der Waals surface area contributed by atoms with Crippen molar-refractivity contribution in [1.29, 1.82) is 0 Å². The van der Waals surface area contributed by atoms with Crippen LogP contribution in [-0.4, -0.2) is 65.6 Å². The highest BCUT2D eigenvalue weighted by molar-refractivity contribution is 5.80. The van der Waals surface area contributed by atoms with Crippen LogP contribution in [0, 0.1) is 0 Å². The molecule has 2 aromatic rings. The first kappa shape index (κ1) is 18.8. The van der Waals surface area contributed by atoms with E-state index in [1.807, 2.05) is 31.5 Å². The third-order valence-electron chi connectivity index (χ3n) is 5.08. The number of aromatic nitrogens is 2. The third-order valence-corrected chi connectivity index (χ3v) is 5.08. The summed E-state index contributed by atoms with van der Waals surface area (Å²) < 4.78 is 12.9. The molecule has 2 aliphatic heterocycles. The Morgan fingerprint density at radius 1 is 1.18 bits per heavy atom. The first-order valence-electron chi connectivity index (χ1n) is 9.88. The molecule has 0 radical (unpaired) electrons. The average Bonchev–Trinajstić information content (AvgIpc) is 3.11. The van der Waals surface area contributed by atoms with E-state index in [1.165, 1.54) is 11.3 Å². The maximum atomic E-state index is 12.3. The number of hydrogen-bond acceptors (Lipinski definition) is 5. The molecule has 0 spiro atoms. The van der Waals surface area contributed by atoms with Crippen LogP contribution in [0.1, 0.15) is 32.8 Å². The van der Waals surface area contributed by atoms with Gasteiger partial charge in [-0.15, -0.1) is 0 Å². The Morgan fingerprint density at radius 2 is 1.96 bits per heavy atom. The van der Waals surface area contributed by atoms with E-state index in [0.717, 1.165) is 43.8 Å². The molecule has 150 valence electrons. The Bertz CT molecular complexity index is 891. The summed E-state index contributed by atoms with van der Waals surface area (Å²) in [5.41, 5.74) is 4.15. The fraction of sp³-hybridized carbons (Fsp3) is 0.524. The first-order valence-corrected chi connectivity index (χ1v) is 9.88. The lowest BCUT2D eigenvalue weighted by Gasteiger charge is -2.29. The van der Waals surface area contributed by atoms with Crippen molar-refractivity contribution in [3.8, 4) is 0 Å². The van der Waals surface area contributed by atoms with E-state index in [0.29, 0.717) is 13.1 Å². The number of ether oxygens (including phenoxy) is 2. The topological polar surface area (TPSA) is 59.3 Å². The molecule has 0 aromatic carbocycles. The van der Waals surface area contributed by atoms with Crippen LogP contribution in [0.5, 0.6) is 0 Å². The zero-order chi connectivity index (χ0) is 19.7. The van der Waals surface area contributed by atoms with Crippen LogP contribution in [0.25, 0.3) is 11.1 Å². The second kappa shape index (κ2) is 7.47. The smallest absolute Gasteiger partial charge is 0.410 e. The van der Waals surface area contributed by atoms with E-state index in [2.05, 4.69) is 34.4 Å². The summed E-state index contributed by atoms with van der Waals surface area (Å²) in [6.45, 7) is 10.2. The van der Waals surface area contributed by atoms with Gasteiger partial charge in [0.05, 0.1) is 36.8 Å². The number of pyridine rings is 1. The van der Waals surface area contributed by atoms with E-state index in [4.69, 9.17) is 9.47 Å². The van der Waals surface area contributed by atoms with Crippen molar-refractivity contribution in [3.63, 3.8) is 0 Å². The fourth-order valence-electron chi connectivity index (χ4n) is 3.64. The molecule has 1 amide bonds. The standard InChI is InChI=1S/C21H28N4O3/c1-21(2,3)28-20(26)24-8-6-16(7-9-24)18-14-22-25-15-17(4-5-19(18)25)23-10-12-27-13-11-23/h4-6,14-15H,7-13H2,1-3H3. The predicted molar refractivity (Wildman–Crippen MR) is 109 cm³/mol. The minimum Gasteiger partial charge on any atom is -0.444 e. The largest absolute Gasteiger partial charge is 0.444 e. The van der Waals surface area contributed by atoms with E-state index >= 15 is 0 Å². The number of rotatable bonds is 2. The third kappa shape index (κ3) is 3.99. The summed E-state index contributed by atoms with van der Waals surface area (Å²) in [5, 5.41) is 4.56. The van der Waals surface area contributed by atoms with Gasteiger partial charge in [0.2, 0.25) is 0 Å². The van der Waals surface area contributed by atoms with Gasteiger partial charge in [0.15, 0.2) is 0 Å². The summed E-state index contributed by atoms with van der Waals surface area (Å²) in [4.78, 5) is 16.3. The zero-order valence-electron chi connectivity index (χ0n) is 16.9. The van der Waals surface area contributed by atoms with Gasteiger partial charge in [-0.2, -0.15) is 5.10 Å². The van der Waals surface area contributed by atoms with Crippen molar-refractivity contribution in [2.24, 2.45) is 0 Å². The van der Waals surface area contributed by atoms with Crippen molar-refractivity contribution in [3.05, 3.63) is 36.2 Å². The minimum atomic E-state index is -0.471. The number of carbonyl (C=O) groups is 1. The van der Waals surface area contributed by atoms with Crippen molar-refractivity contribution >= 4 is 22.9 Å². The van der Waals surface area contributed by atoms with Crippen molar-refractivity contribution in [1.82, 2.24) is 14.5 Å². The van der Waals surface area contributed by atoms with Gasteiger partial charge in [-0.05, 0) is 44.9 Å². The van der Waals surface area contributed by atoms with Crippen molar-refractivity contribution < 1.29 is 14.3 Å². The second-order valence-corrected chi connectivity index (χ2v) is 8.28. The summed E-state index contributed by atoms with van der Waals surface area (Å²) in [5.74, 6) is 0. The molecule has 0 saturated carbocycles. The SMILES string of the molecule is CC(C)(C)OC(=O)N1CC=C(c2cnn3cc(N4CCOCC4)ccc23)CC1. The van der Waals surface area contributed by atoms with E-state index < -0.39 is 5.60 Å². The lowest BCUT2D eigenvalue weighted by molar-refractivity contribution is 0.0270. The predicted octanol–water partition coefficient (Wildman–Crippen LogP) is 3.20. The van der Waals surface area contributed by atoms with Crippen LogP contribution in [-0.2, 0) is 9.47 Å². The van der Waals surface area contributed by atoms with Gasteiger partial charge in [0, 0.05) is 31.7 Å². The molecule has 0 N–H and O–H groups in total. The molecular weight excluding hydrogens is 356 g/mol. The fourth-order valence-corrected chi connectivity index (χ4v) is 3.64. The second-order valence-electron chi connectivity index (χ2n) is 8.28. The summed E-state index contributed by atoms with van der Waals surface area (Å²) >= 11 is 0. The Balaban J connectivity index is 1.49. The molecule has 7 heteroatoms. The van der Waals surface area contributed by atoms with Crippen molar-refractivity contribution in [2.45, 2.75) is 32.8 Å². The van der Waals surface area contributed by atoms with Crippen molar-refractivity contribution in [2.75, 3.05) is 44.3 Å². The van der Waals surface area contributed by atoms with Crippen LogP contribution >= 0.6 is 0 Å². The van der Waals surface area contributed by atoms with Crippen LogP contribution in [0.4, 0.5) is 10.5 Å². The first-order chi connectivity index (χ1) is 13.4. The lowest BCUT2D eigenvalue weighted by atomic mass is 10.0. The normalized spacial score (nSPS) is 18.3. The zero-order valence-corrected chi connectivity index (χ0v) is 16.9. The highest BCUT2D eigenvalue weighted by Gasteiger charge is 2.24. The summed E-state index contributed by atoms with van der Waals surface area (Å²) in [7, 11) is 0. The molecule has 2 aliphatic rings. The highest BCUT2D eigenvalue weighted by Crippen LogP contribution is 2.28. The van der Waals surface area contributed by atoms with Gasteiger partial charge in [-0.1, -0.05) is 6.08 Å². The molecule has 1 saturated heterocycles. The quantitative estimate of drug-likeness (QED) is 0.796. The molecule has 28 heavy (non-hydrogen) atoms. The molecule has 0 atom stereocenters. The van der Waals surface area contributed by atoms with Gasteiger partial charge < -0.3 is 19.3 Å². The number of amides is 1. The highest BCUT2D eigenvalue weighted by atomic mass is 16.6. The van der Waals surface area contributed by atoms with Gasteiger partial charge in [0.25, 0.3) is 0 Å². The number of fused-ring (bicyclic) bond motifs is 1. The molecule has 0 unspecified atom stereocenters. The Labute approximate surface area is 165 Å². The van der Waals surface area contributed by atoms with Crippen LogP contribution in [0.2, 0.25) is 0 Å². The van der Waals surface area contributed by atoms with E-state index in [9.17, 15) is 4.79 Å². The monoisotopic (exact) mass is 384 g/mol. The summed E-state index contributed by atoms with van der Waals surface area (Å²) in [6.07, 6.45) is 6.66. The molecule has 1 fully saturated rings. The van der Waals surface area contributed by atoms with Gasteiger partial charge in [-0.3, -0.25) is 0 Å². The van der Waals surface area contributed by atoms with Gasteiger partial charge in [-0.25, -0.2) is 9.31 Å². The molecular formula is C21H28N4O3. The molecule has 2 aromatic heterocycles. The maximum Gasteiger partial charge on any atom is 0.410 e. The maximum absolute atomic E-state index is 12.3. The number of morpholine rings is 1. The summed E-state index contributed by atoms with van der Waals surface area (Å²) in [6, 6.07) is 4.29. The molecule has 0 bridgehead atoms. The Morgan fingerprint density at radius 3 is 2.64 bits per heavy atom. The van der Waals surface area contributed by atoms with Gasteiger partial charge >= 0.3 is 6.09 Å². The van der Waals surface area contributed by atoms with Gasteiger partial charge in [0.1, 0.15) is 5.60 Å². The van der Waals surface area contributed by atoms with Crippen LogP contribution in [0.3, 0.4) is 0 Å². The lowest BCUT2D eigenvalue weighted by Crippen LogP contribution is -2.39. The van der Waals surface area contributed by atoms with Crippen LogP contribution in [0.15, 0.2) is 30.6 Å².